The standard InChI is InChI=1S/C5H5N3/c1-8-4-5(2-6)3-7-8/h3-4,8H,1H2. The number of hydrogen-bond donors (Lipinski definition) is 1. The van der Waals surface area contributed by atoms with Crippen molar-refractivity contribution in [2.75, 3.05) is 0 Å². The van der Waals surface area contributed by atoms with Gasteiger partial charge in [0.05, 0.1) is 0 Å². The average Bonchev–Trinajstić information content (AvgIpc) is 2.14. The van der Waals surface area contributed by atoms with Crippen molar-refractivity contribution in [2.45, 2.75) is 0 Å². The Morgan fingerprint density at radius 1 is 1.88 bits per heavy atom. The van der Waals surface area contributed by atoms with Crippen LogP contribution in [0.25, 0.3) is 0 Å². The zero-order chi connectivity index (χ0) is 5.98. The zero-order valence-electron chi connectivity index (χ0n) is 4.26. The molecule has 8 heavy (non-hydrogen) atoms. The number of hydrogen-bond acceptors (Lipinski definition) is 2. The zero-order valence-corrected chi connectivity index (χ0v) is 4.26. The molecular formula is C5H5N3. The van der Waals surface area contributed by atoms with Gasteiger partial charge in [-0.15, -0.1) is 12.1 Å². The summed E-state index contributed by atoms with van der Waals surface area (Å²) in [4.78, 5) is 0. The number of nitrogens with zero attached hydrogens (tertiary/aromatic N) is 2. The SMILES string of the molecule is [CH2-][NH+]1C=C(C#N)C=N1. The van der Waals surface area contributed by atoms with Crippen LogP contribution in [0.15, 0.2) is 16.9 Å². The summed E-state index contributed by atoms with van der Waals surface area (Å²) in [5, 5.41) is 12.6. The van der Waals surface area contributed by atoms with Gasteiger partial charge < -0.3 is 5.01 Å². The van der Waals surface area contributed by atoms with Crippen LogP contribution in [-0.2, 0) is 0 Å². The van der Waals surface area contributed by atoms with Crippen LogP contribution in [0.4, 0.5) is 0 Å². The van der Waals surface area contributed by atoms with Gasteiger partial charge in [0.25, 0.3) is 0 Å². The Bertz CT molecular complexity index is 184. The Morgan fingerprint density at radius 3 is 2.88 bits per heavy atom. The van der Waals surface area contributed by atoms with E-state index in [1.54, 1.807) is 6.20 Å². The molecule has 0 spiro atoms. The highest BCUT2D eigenvalue weighted by molar-refractivity contribution is 5.83. The van der Waals surface area contributed by atoms with Crippen molar-refractivity contribution in [3.05, 3.63) is 18.8 Å². The second-order valence-corrected chi connectivity index (χ2v) is 1.46. The van der Waals surface area contributed by atoms with Crippen molar-refractivity contribution < 1.29 is 5.01 Å². The maximum atomic E-state index is 8.23. The second-order valence-electron chi connectivity index (χ2n) is 1.46. The van der Waals surface area contributed by atoms with Crippen LogP contribution in [0.5, 0.6) is 0 Å². The molecule has 3 nitrogen and oxygen atoms in total. The molecule has 0 aliphatic carbocycles. The Morgan fingerprint density at radius 2 is 2.62 bits per heavy atom. The van der Waals surface area contributed by atoms with E-state index in [-0.39, 0.29) is 0 Å². The van der Waals surface area contributed by atoms with Gasteiger partial charge in [-0.3, -0.25) is 0 Å². The summed E-state index contributed by atoms with van der Waals surface area (Å²) in [7, 11) is 3.53. The molecule has 0 aromatic carbocycles. The van der Waals surface area contributed by atoms with Crippen LogP contribution in [0.3, 0.4) is 0 Å². The van der Waals surface area contributed by atoms with Crippen molar-refractivity contribution in [3.8, 4) is 6.07 Å². The van der Waals surface area contributed by atoms with E-state index in [9.17, 15) is 0 Å². The first-order valence-electron chi connectivity index (χ1n) is 2.17. The van der Waals surface area contributed by atoms with Gasteiger partial charge in [0.1, 0.15) is 24.1 Å². The molecule has 1 heterocycles. The highest BCUT2D eigenvalue weighted by atomic mass is 15.4. The molecule has 1 aliphatic rings. The molecule has 0 radical (unpaired) electrons. The van der Waals surface area contributed by atoms with Crippen LogP contribution in [0, 0.1) is 18.4 Å². The second kappa shape index (κ2) is 1.76. The van der Waals surface area contributed by atoms with E-state index in [1.807, 2.05) is 6.07 Å². The highest BCUT2D eigenvalue weighted by Gasteiger charge is 2.00. The normalized spacial score (nSPS) is 25.0. The topological polar surface area (TPSA) is 40.6 Å². The summed E-state index contributed by atoms with van der Waals surface area (Å²) >= 11 is 0. The quantitative estimate of drug-likeness (QED) is 0.399. The smallest absolute Gasteiger partial charge is 0.128 e. The molecule has 1 rings (SSSR count). The first kappa shape index (κ1) is 5.01. The lowest BCUT2D eigenvalue weighted by atomic mass is 10.4. The highest BCUT2D eigenvalue weighted by Crippen LogP contribution is 1.84. The van der Waals surface area contributed by atoms with Crippen molar-refractivity contribution in [1.82, 2.24) is 0 Å². The minimum Gasteiger partial charge on any atom is -0.312 e. The maximum absolute atomic E-state index is 8.23. The molecule has 1 N–H and O–H groups in total. The Balaban J connectivity index is 2.77. The van der Waals surface area contributed by atoms with Gasteiger partial charge in [-0.2, -0.15) is 5.26 Å². The first-order chi connectivity index (χ1) is 3.83. The monoisotopic (exact) mass is 107 g/mol. The Kier molecular flexibility index (Phi) is 1.10. The third-order valence-corrected chi connectivity index (χ3v) is 0.821. The van der Waals surface area contributed by atoms with Gasteiger partial charge in [-0.25, -0.2) is 0 Å². The van der Waals surface area contributed by atoms with E-state index < -0.39 is 0 Å². The molecule has 1 atom stereocenters. The van der Waals surface area contributed by atoms with Crippen molar-refractivity contribution >= 4 is 6.21 Å². The van der Waals surface area contributed by atoms with E-state index in [1.165, 1.54) is 6.21 Å². The van der Waals surface area contributed by atoms with E-state index in [0.717, 1.165) is 0 Å². The van der Waals surface area contributed by atoms with E-state index in [0.29, 0.717) is 10.6 Å². The predicted molar refractivity (Wildman–Crippen MR) is 28.5 cm³/mol. The summed E-state index contributed by atoms with van der Waals surface area (Å²) in [6.45, 7) is 0. The summed E-state index contributed by atoms with van der Waals surface area (Å²) in [6, 6.07) is 1.95. The first-order valence-corrected chi connectivity index (χ1v) is 2.17. The molecule has 0 bridgehead atoms. The molecular weight excluding hydrogens is 102 g/mol. The Hall–Kier alpha value is -1.14. The maximum Gasteiger partial charge on any atom is 0.128 e. The molecule has 40 valence electrons. The minimum absolute atomic E-state index is 0.579. The fourth-order valence-corrected chi connectivity index (χ4v) is 0.468. The molecule has 3 heteroatoms. The van der Waals surface area contributed by atoms with E-state index in [2.05, 4.69) is 12.1 Å². The summed E-state index contributed by atoms with van der Waals surface area (Å²) in [5.74, 6) is 0. The van der Waals surface area contributed by atoms with Gasteiger partial charge in [0, 0.05) is 0 Å². The van der Waals surface area contributed by atoms with Crippen LogP contribution in [0.2, 0.25) is 0 Å². The van der Waals surface area contributed by atoms with Gasteiger partial charge in [0.15, 0.2) is 0 Å². The van der Waals surface area contributed by atoms with E-state index in [4.69, 9.17) is 5.26 Å². The van der Waals surface area contributed by atoms with Gasteiger partial charge >= 0.3 is 0 Å². The minimum atomic E-state index is 0.579. The lowest BCUT2D eigenvalue weighted by molar-refractivity contribution is -0.801. The number of nitrogens with one attached hydrogen (secondary N) is 1. The summed E-state index contributed by atoms with van der Waals surface area (Å²) in [5.41, 5.74) is 0.579. The number of rotatable bonds is 0. The van der Waals surface area contributed by atoms with Gasteiger partial charge in [-0.05, 0) is 0 Å². The van der Waals surface area contributed by atoms with Gasteiger partial charge in [-0.1, -0.05) is 0 Å². The number of allylic oxidation sites excluding steroid dienone is 1. The molecule has 1 unspecified atom stereocenters. The largest absolute Gasteiger partial charge is 0.312 e. The molecule has 0 saturated heterocycles. The van der Waals surface area contributed by atoms with Crippen molar-refractivity contribution in [3.63, 3.8) is 0 Å². The fraction of sp³-hybridized carbons (Fsp3) is 0. The van der Waals surface area contributed by atoms with Crippen LogP contribution >= 0.6 is 0 Å². The average molecular weight is 107 g/mol. The van der Waals surface area contributed by atoms with Crippen molar-refractivity contribution in [1.29, 1.82) is 5.26 Å². The lowest BCUT2D eigenvalue weighted by Crippen LogP contribution is -2.95. The molecule has 1 aliphatic heterocycles. The molecule has 0 aromatic rings. The van der Waals surface area contributed by atoms with Crippen LogP contribution in [0.1, 0.15) is 0 Å². The fourth-order valence-electron chi connectivity index (χ4n) is 0.468. The number of nitriles is 1. The van der Waals surface area contributed by atoms with Crippen LogP contribution in [-0.4, -0.2) is 6.21 Å². The molecule has 0 aromatic heterocycles. The lowest BCUT2D eigenvalue weighted by Gasteiger charge is -1.97. The van der Waals surface area contributed by atoms with Gasteiger partial charge in [0.2, 0.25) is 0 Å². The van der Waals surface area contributed by atoms with E-state index >= 15 is 0 Å². The number of quaternary nitrogens is 1. The molecule has 0 fully saturated rings. The molecule has 0 amide bonds. The predicted octanol–water partition coefficient (Wildman–Crippen LogP) is -0.930. The summed E-state index contributed by atoms with van der Waals surface area (Å²) < 4.78 is 0. The Labute approximate surface area is 47.5 Å². The third kappa shape index (κ3) is 0.745. The summed E-state index contributed by atoms with van der Waals surface area (Å²) in [6.07, 6.45) is 3.14. The third-order valence-electron chi connectivity index (χ3n) is 0.821. The van der Waals surface area contributed by atoms with Crippen molar-refractivity contribution in [2.24, 2.45) is 5.10 Å². The van der Waals surface area contributed by atoms with Crippen LogP contribution < -0.4 is 5.01 Å². The molecule has 0 saturated carbocycles.